The summed E-state index contributed by atoms with van der Waals surface area (Å²) in [5.41, 5.74) is 0.892. The van der Waals surface area contributed by atoms with Crippen LogP contribution in [0.1, 0.15) is 24.8 Å². The largest absolute Gasteiger partial charge is 0.392 e. The average molecular weight is 204 g/mol. The Morgan fingerprint density at radius 1 is 1.40 bits per heavy atom. The van der Waals surface area contributed by atoms with Crippen molar-refractivity contribution >= 4 is 5.82 Å². The van der Waals surface area contributed by atoms with Crippen LogP contribution in [0.4, 0.5) is 5.82 Å². The molecule has 1 aliphatic carbocycles. The van der Waals surface area contributed by atoms with E-state index < -0.39 is 0 Å². The van der Waals surface area contributed by atoms with Crippen molar-refractivity contribution in [2.75, 3.05) is 11.4 Å². The number of aliphatic hydroxyl groups is 1. The lowest BCUT2D eigenvalue weighted by atomic mass is 10.1. The number of fused-ring (bicyclic) bond motifs is 2. The zero-order valence-corrected chi connectivity index (χ0v) is 8.76. The van der Waals surface area contributed by atoms with Gasteiger partial charge >= 0.3 is 0 Å². The zero-order valence-electron chi connectivity index (χ0n) is 8.76. The molecule has 2 bridgehead atoms. The summed E-state index contributed by atoms with van der Waals surface area (Å²) in [4.78, 5) is 6.84. The lowest BCUT2D eigenvalue weighted by Crippen LogP contribution is -2.32. The Morgan fingerprint density at radius 3 is 2.87 bits per heavy atom. The van der Waals surface area contributed by atoms with Gasteiger partial charge in [0.25, 0.3) is 0 Å². The lowest BCUT2D eigenvalue weighted by molar-refractivity contribution is 0.281. The van der Waals surface area contributed by atoms with Gasteiger partial charge in [-0.1, -0.05) is 6.07 Å². The fourth-order valence-electron chi connectivity index (χ4n) is 2.89. The van der Waals surface area contributed by atoms with Gasteiger partial charge in [0.15, 0.2) is 0 Å². The van der Waals surface area contributed by atoms with Crippen LogP contribution >= 0.6 is 0 Å². The number of hydrogen-bond donors (Lipinski definition) is 1. The number of aromatic nitrogens is 1. The Balaban J connectivity index is 1.81. The Morgan fingerprint density at radius 2 is 2.33 bits per heavy atom. The molecule has 3 rings (SSSR count). The van der Waals surface area contributed by atoms with Gasteiger partial charge in [-0.2, -0.15) is 0 Å². The quantitative estimate of drug-likeness (QED) is 0.794. The van der Waals surface area contributed by atoms with E-state index in [2.05, 4.69) is 9.88 Å². The number of piperidine rings is 1. The van der Waals surface area contributed by atoms with Crippen LogP contribution in [0.5, 0.6) is 0 Å². The van der Waals surface area contributed by atoms with Crippen molar-refractivity contribution in [2.45, 2.75) is 31.9 Å². The van der Waals surface area contributed by atoms with Crippen LogP contribution in [0.25, 0.3) is 0 Å². The van der Waals surface area contributed by atoms with Crippen LogP contribution in [0.15, 0.2) is 18.3 Å². The highest BCUT2D eigenvalue weighted by Gasteiger charge is 2.38. The Kier molecular flexibility index (Phi) is 2.13. The molecule has 15 heavy (non-hydrogen) atoms. The van der Waals surface area contributed by atoms with Gasteiger partial charge in [0.05, 0.1) is 6.61 Å². The van der Waals surface area contributed by atoms with Crippen molar-refractivity contribution in [2.24, 2.45) is 5.92 Å². The minimum atomic E-state index is 0.0827. The van der Waals surface area contributed by atoms with Gasteiger partial charge in [0.1, 0.15) is 5.82 Å². The van der Waals surface area contributed by atoms with Crippen LogP contribution in [0.2, 0.25) is 0 Å². The predicted molar refractivity (Wildman–Crippen MR) is 58.6 cm³/mol. The summed E-state index contributed by atoms with van der Waals surface area (Å²) in [6.45, 7) is 1.26. The molecule has 2 aliphatic rings. The summed E-state index contributed by atoms with van der Waals surface area (Å²) in [5, 5.41) is 8.95. The monoisotopic (exact) mass is 204 g/mol. The van der Waals surface area contributed by atoms with E-state index in [0.717, 1.165) is 23.3 Å². The summed E-state index contributed by atoms with van der Waals surface area (Å²) >= 11 is 0. The normalized spacial score (nSPS) is 28.7. The van der Waals surface area contributed by atoms with Crippen LogP contribution in [0, 0.1) is 5.92 Å². The SMILES string of the molecule is OCc1ccc(N2CC3CCC2C3)nc1. The highest BCUT2D eigenvalue weighted by atomic mass is 16.3. The topological polar surface area (TPSA) is 36.4 Å². The highest BCUT2D eigenvalue weighted by Crippen LogP contribution is 2.39. The minimum Gasteiger partial charge on any atom is -0.392 e. The highest BCUT2D eigenvalue weighted by molar-refractivity contribution is 5.43. The van der Waals surface area contributed by atoms with Crippen molar-refractivity contribution in [3.8, 4) is 0 Å². The molecular formula is C12H16N2O. The molecule has 0 spiro atoms. The second-order valence-electron chi connectivity index (χ2n) is 4.67. The van der Waals surface area contributed by atoms with Gasteiger partial charge in [-0.25, -0.2) is 4.98 Å². The molecule has 3 heteroatoms. The number of anilines is 1. The molecule has 1 aromatic rings. The first-order chi connectivity index (χ1) is 7.36. The second kappa shape index (κ2) is 3.49. The van der Waals surface area contributed by atoms with Gasteiger partial charge in [-0.15, -0.1) is 0 Å². The van der Waals surface area contributed by atoms with Gasteiger partial charge in [-0.3, -0.25) is 0 Å². The van der Waals surface area contributed by atoms with E-state index in [1.54, 1.807) is 6.20 Å². The molecule has 0 aromatic carbocycles. The molecule has 1 saturated carbocycles. The van der Waals surface area contributed by atoms with E-state index in [0.29, 0.717) is 0 Å². The molecule has 2 atom stereocenters. The van der Waals surface area contributed by atoms with Crippen LogP contribution < -0.4 is 4.90 Å². The first-order valence-electron chi connectivity index (χ1n) is 5.69. The van der Waals surface area contributed by atoms with Gasteiger partial charge in [0.2, 0.25) is 0 Å². The maximum atomic E-state index is 8.95. The molecule has 0 radical (unpaired) electrons. The number of pyridine rings is 1. The first-order valence-corrected chi connectivity index (χ1v) is 5.69. The van der Waals surface area contributed by atoms with Crippen molar-refractivity contribution in [1.82, 2.24) is 4.98 Å². The first kappa shape index (κ1) is 9.16. The van der Waals surface area contributed by atoms with Gasteiger partial charge in [0, 0.05) is 18.8 Å². The molecule has 2 unspecified atom stereocenters. The third kappa shape index (κ3) is 1.51. The summed E-state index contributed by atoms with van der Waals surface area (Å²) < 4.78 is 0. The molecule has 2 fully saturated rings. The van der Waals surface area contributed by atoms with E-state index in [1.807, 2.05) is 12.1 Å². The number of hydrogen-bond acceptors (Lipinski definition) is 3. The van der Waals surface area contributed by atoms with Gasteiger partial charge < -0.3 is 10.0 Å². The summed E-state index contributed by atoms with van der Waals surface area (Å²) in [7, 11) is 0. The van der Waals surface area contributed by atoms with E-state index in [4.69, 9.17) is 5.11 Å². The lowest BCUT2D eigenvalue weighted by Gasteiger charge is -2.28. The van der Waals surface area contributed by atoms with E-state index in [9.17, 15) is 0 Å². The van der Waals surface area contributed by atoms with Crippen molar-refractivity contribution in [3.05, 3.63) is 23.9 Å². The van der Waals surface area contributed by atoms with Crippen molar-refractivity contribution in [3.63, 3.8) is 0 Å². The minimum absolute atomic E-state index is 0.0827. The van der Waals surface area contributed by atoms with E-state index in [-0.39, 0.29) is 6.61 Å². The van der Waals surface area contributed by atoms with Crippen molar-refractivity contribution in [1.29, 1.82) is 0 Å². The molecule has 3 nitrogen and oxygen atoms in total. The standard InChI is InChI=1S/C12H16N2O/c15-8-10-2-4-12(13-6-10)14-7-9-1-3-11(14)5-9/h2,4,6,9,11,15H,1,3,5,7-8H2. The predicted octanol–water partition coefficient (Wildman–Crippen LogP) is 1.56. The molecule has 0 amide bonds. The molecule has 1 saturated heterocycles. The number of rotatable bonds is 2. The third-order valence-electron chi connectivity index (χ3n) is 3.70. The summed E-state index contributed by atoms with van der Waals surface area (Å²) in [6, 6.07) is 4.73. The third-order valence-corrected chi connectivity index (χ3v) is 3.70. The van der Waals surface area contributed by atoms with Gasteiger partial charge in [-0.05, 0) is 36.8 Å². The van der Waals surface area contributed by atoms with Crippen LogP contribution in [-0.2, 0) is 6.61 Å². The Hall–Kier alpha value is -1.09. The smallest absolute Gasteiger partial charge is 0.128 e. The second-order valence-corrected chi connectivity index (χ2v) is 4.67. The molecule has 1 aliphatic heterocycles. The Bertz CT molecular complexity index is 349. The molecule has 80 valence electrons. The maximum absolute atomic E-state index is 8.95. The van der Waals surface area contributed by atoms with E-state index >= 15 is 0 Å². The zero-order chi connectivity index (χ0) is 10.3. The number of nitrogens with zero attached hydrogens (tertiary/aromatic N) is 2. The van der Waals surface area contributed by atoms with Crippen molar-refractivity contribution < 1.29 is 5.11 Å². The average Bonchev–Trinajstić information content (AvgIpc) is 2.91. The summed E-state index contributed by atoms with van der Waals surface area (Å²) in [5.74, 6) is 1.98. The molecule has 2 heterocycles. The molecular weight excluding hydrogens is 188 g/mol. The fourth-order valence-corrected chi connectivity index (χ4v) is 2.89. The summed E-state index contributed by atoms with van der Waals surface area (Å²) in [6.07, 6.45) is 5.86. The van der Waals surface area contributed by atoms with Crippen LogP contribution in [0.3, 0.4) is 0 Å². The van der Waals surface area contributed by atoms with E-state index in [1.165, 1.54) is 25.8 Å². The molecule has 1 N–H and O–H groups in total. The number of aliphatic hydroxyl groups excluding tert-OH is 1. The molecule has 1 aromatic heterocycles. The Labute approximate surface area is 89.7 Å². The fraction of sp³-hybridized carbons (Fsp3) is 0.583. The maximum Gasteiger partial charge on any atom is 0.128 e. The van der Waals surface area contributed by atoms with Crippen LogP contribution in [-0.4, -0.2) is 22.7 Å².